The molecule has 6 rings (SSSR count). The van der Waals surface area contributed by atoms with E-state index < -0.39 is 0 Å². The molecule has 8 heteroatoms. The summed E-state index contributed by atoms with van der Waals surface area (Å²) in [6.45, 7) is 4.56. The third-order valence-corrected chi connectivity index (χ3v) is 8.45. The number of amides is 1. The van der Waals surface area contributed by atoms with Gasteiger partial charge in [0.1, 0.15) is 17.1 Å². The minimum Gasteiger partial charge on any atom is -0.345 e. The number of Topliss-reactive ketones (excluding diaryl/α,β-unsaturated/α-hetero) is 1. The zero-order valence-corrected chi connectivity index (χ0v) is 25.4. The van der Waals surface area contributed by atoms with Crippen LogP contribution in [0.5, 0.6) is 0 Å². The summed E-state index contributed by atoms with van der Waals surface area (Å²) in [4.78, 5) is 41.8. The van der Waals surface area contributed by atoms with Gasteiger partial charge in [-0.3, -0.25) is 14.5 Å². The number of aryl methyl sites for hydroxylation is 2. The van der Waals surface area contributed by atoms with Crippen molar-refractivity contribution in [1.82, 2.24) is 24.8 Å². The standard InChI is InChI=1S/C36H36FN5O2/c1-23-17-27(19-28-22-42(16-14-31(23)28)15-13-30(43)12-7-24-5-4-6-29(37)18-24)33-21-39-35-34(40-33)32(20-38-35)25-8-10-26(11-9-25)36(44)41(2)3/h4-6,8-11,17-21H,7,12-16,22H2,1-3H3,(H,38,39). The van der Waals surface area contributed by atoms with Gasteiger partial charge >= 0.3 is 0 Å². The third-order valence-electron chi connectivity index (χ3n) is 8.45. The first-order valence-electron chi connectivity index (χ1n) is 15.0. The van der Waals surface area contributed by atoms with Gasteiger partial charge in [0.05, 0.1) is 11.9 Å². The summed E-state index contributed by atoms with van der Waals surface area (Å²) in [5.41, 5.74) is 10.6. The molecule has 0 spiro atoms. The molecule has 0 radical (unpaired) electrons. The van der Waals surface area contributed by atoms with E-state index in [1.165, 1.54) is 28.8 Å². The molecule has 0 atom stereocenters. The van der Waals surface area contributed by atoms with Gasteiger partial charge in [-0.25, -0.2) is 14.4 Å². The fraction of sp³-hybridized carbons (Fsp3) is 0.278. The number of ketones is 1. The van der Waals surface area contributed by atoms with Crippen molar-refractivity contribution < 1.29 is 14.0 Å². The maximum atomic E-state index is 13.5. The van der Waals surface area contributed by atoms with Gasteiger partial charge in [-0.15, -0.1) is 0 Å². The van der Waals surface area contributed by atoms with Crippen LogP contribution in [-0.4, -0.2) is 63.6 Å². The van der Waals surface area contributed by atoms with Gasteiger partial charge in [0, 0.05) is 69.5 Å². The average molecular weight is 590 g/mol. The number of benzene rings is 3. The molecule has 0 fully saturated rings. The highest BCUT2D eigenvalue weighted by Gasteiger charge is 2.21. The fourth-order valence-electron chi connectivity index (χ4n) is 6.00. The molecular weight excluding hydrogens is 553 g/mol. The van der Waals surface area contributed by atoms with Crippen LogP contribution in [-0.2, 0) is 24.2 Å². The molecule has 3 aromatic carbocycles. The molecule has 0 bridgehead atoms. The first kappa shape index (κ1) is 29.4. The summed E-state index contributed by atoms with van der Waals surface area (Å²) in [5.74, 6) is -0.0959. The maximum Gasteiger partial charge on any atom is 0.253 e. The number of aromatic amines is 1. The largest absolute Gasteiger partial charge is 0.345 e. The first-order valence-corrected chi connectivity index (χ1v) is 15.0. The minimum atomic E-state index is -0.264. The van der Waals surface area contributed by atoms with Crippen molar-refractivity contribution in [3.05, 3.63) is 107 Å². The lowest BCUT2D eigenvalue weighted by Gasteiger charge is -2.30. The van der Waals surface area contributed by atoms with E-state index in [0.717, 1.165) is 53.0 Å². The lowest BCUT2D eigenvalue weighted by Crippen LogP contribution is -2.32. The van der Waals surface area contributed by atoms with Crippen LogP contribution in [0.3, 0.4) is 0 Å². The number of nitrogens with zero attached hydrogens (tertiary/aromatic N) is 4. The number of carbonyl (C=O) groups excluding carboxylic acids is 2. The smallest absolute Gasteiger partial charge is 0.253 e. The SMILES string of the molecule is Cc1cc(-c2cnc3[nH]cc(-c4ccc(C(=O)N(C)C)cc4)c3n2)cc2c1CCN(CCC(=O)CCc1cccc(F)c1)C2. The van der Waals surface area contributed by atoms with Gasteiger partial charge in [-0.05, 0) is 84.0 Å². The molecule has 0 unspecified atom stereocenters. The lowest BCUT2D eigenvalue weighted by atomic mass is 9.92. The highest BCUT2D eigenvalue weighted by Crippen LogP contribution is 2.32. The summed E-state index contributed by atoms with van der Waals surface area (Å²) in [5, 5.41) is 0. The normalized spacial score (nSPS) is 13.2. The monoisotopic (exact) mass is 589 g/mol. The Morgan fingerprint density at radius 3 is 2.61 bits per heavy atom. The fourth-order valence-corrected chi connectivity index (χ4v) is 6.00. The second-order valence-corrected chi connectivity index (χ2v) is 11.8. The Kier molecular flexibility index (Phi) is 8.35. The van der Waals surface area contributed by atoms with Crippen molar-refractivity contribution in [2.24, 2.45) is 0 Å². The van der Waals surface area contributed by atoms with Crippen LogP contribution in [0.1, 0.15) is 45.5 Å². The number of hydrogen-bond acceptors (Lipinski definition) is 5. The molecule has 0 saturated carbocycles. The van der Waals surface area contributed by atoms with Crippen LogP contribution in [0, 0.1) is 12.7 Å². The molecule has 2 aromatic heterocycles. The zero-order chi connectivity index (χ0) is 30.8. The van der Waals surface area contributed by atoms with Crippen molar-refractivity contribution in [1.29, 1.82) is 0 Å². The molecule has 5 aromatic rings. The molecule has 3 heterocycles. The van der Waals surface area contributed by atoms with Crippen molar-refractivity contribution in [2.75, 3.05) is 27.2 Å². The molecule has 1 amide bonds. The number of aromatic nitrogens is 3. The van der Waals surface area contributed by atoms with Gasteiger partial charge in [0.25, 0.3) is 5.91 Å². The van der Waals surface area contributed by atoms with E-state index in [2.05, 4.69) is 33.9 Å². The Hall–Kier alpha value is -4.69. The van der Waals surface area contributed by atoms with Gasteiger partial charge in [-0.1, -0.05) is 24.3 Å². The molecular formula is C36H36FN5O2. The third kappa shape index (κ3) is 6.31. The van der Waals surface area contributed by atoms with Crippen molar-refractivity contribution in [3.8, 4) is 22.4 Å². The molecule has 1 aliphatic rings. The number of carbonyl (C=O) groups is 2. The van der Waals surface area contributed by atoms with E-state index in [-0.39, 0.29) is 17.5 Å². The Bertz CT molecular complexity index is 1840. The summed E-state index contributed by atoms with van der Waals surface area (Å²) in [7, 11) is 3.49. The molecule has 7 nitrogen and oxygen atoms in total. The van der Waals surface area contributed by atoms with Gasteiger partial charge < -0.3 is 9.88 Å². The van der Waals surface area contributed by atoms with Crippen molar-refractivity contribution >= 4 is 22.9 Å². The van der Waals surface area contributed by atoms with Gasteiger partial charge in [0.2, 0.25) is 0 Å². The molecule has 44 heavy (non-hydrogen) atoms. The Labute approximate surface area is 256 Å². The quantitative estimate of drug-likeness (QED) is 0.215. The van der Waals surface area contributed by atoms with Crippen LogP contribution >= 0.6 is 0 Å². The number of hydrogen-bond donors (Lipinski definition) is 1. The average Bonchev–Trinajstić information content (AvgIpc) is 3.45. The summed E-state index contributed by atoms with van der Waals surface area (Å²) in [6, 6.07) is 18.4. The molecule has 0 aliphatic carbocycles. The summed E-state index contributed by atoms with van der Waals surface area (Å²) >= 11 is 0. The predicted octanol–water partition coefficient (Wildman–Crippen LogP) is 6.39. The van der Waals surface area contributed by atoms with E-state index in [1.54, 1.807) is 31.3 Å². The first-order chi connectivity index (χ1) is 21.2. The second kappa shape index (κ2) is 12.5. The molecule has 1 N–H and O–H groups in total. The van der Waals surface area contributed by atoms with E-state index in [9.17, 15) is 14.0 Å². The van der Waals surface area contributed by atoms with Crippen LogP contribution in [0.2, 0.25) is 0 Å². The van der Waals surface area contributed by atoms with Gasteiger partial charge in [0.15, 0.2) is 5.65 Å². The van der Waals surface area contributed by atoms with E-state index >= 15 is 0 Å². The van der Waals surface area contributed by atoms with Crippen molar-refractivity contribution in [3.63, 3.8) is 0 Å². The Morgan fingerprint density at radius 2 is 1.84 bits per heavy atom. The van der Waals surface area contributed by atoms with Crippen molar-refractivity contribution in [2.45, 2.75) is 39.2 Å². The molecule has 0 saturated heterocycles. The van der Waals surface area contributed by atoms with E-state index in [0.29, 0.717) is 37.0 Å². The number of halogens is 1. The Balaban J connectivity index is 1.16. The maximum absolute atomic E-state index is 13.5. The van der Waals surface area contributed by atoms with Crippen LogP contribution < -0.4 is 0 Å². The zero-order valence-electron chi connectivity index (χ0n) is 25.4. The number of nitrogens with one attached hydrogen (secondary N) is 1. The second-order valence-electron chi connectivity index (χ2n) is 11.8. The lowest BCUT2D eigenvalue weighted by molar-refractivity contribution is -0.119. The highest BCUT2D eigenvalue weighted by molar-refractivity contribution is 5.96. The van der Waals surface area contributed by atoms with E-state index in [1.807, 2.05) is 36.5 Å². The Morgan fingerprint density at radius 1 is 1.02 bits per heavy atom. The minimum absolute atomic E-state index is 0.0358. The van der Waals surface area contributed by atoms with E-state index in [4.69, 9.17) is 4.98 Å². The highest BCUT2D eigenvalue weighted by atomic mass is 19.1. The summed E-state index contributed by atoms with van der Waals surface area (Å²) < 4.78 is 13.5. The number of fused-ring (bicyclic) bond motifs is 2. The topological polar surface area (TPSA) is 82.2 Å². The summed E-state index contributed by atoms with van der Waals surface area (Å²) in [6.07, 6.45) is 6.15. The molecule has 224 valence electrons. The van der Waals surface area contributed by atoms with Gasteiger partial charge in [-0.2, -0.15) is 0 Å². The number of rotatable bonds is 9. The van der Waals surface area contributed by atoms with Crippen LogP contribution in [0.4, 0.5) is 4.39 Å². The predicted molar refractivity (Wildman–Crippen MR) is 171 cm³/mol. The van der Waals surface area contributed by atoms with Crippen LogP contribution in [0.15, 0.2) is 73.1 Å². The molecule has 1 aliphatic heterocycles. The number of H-pyrrole nitrogens is 1. The van der Waals surface area contributed by atoms with Crippen LogP contribution in [0.25, 0.3) is 33.5 Å².